The zero-order chi connectivity index (χ0) is 13.0. The van der Waals surface area contributed by atoms with E-state index in [2.05, 4.69) is 12.2 Å². The first kappa shape index (κ1) is 13.9. The number of carbonyl (C=O) groups is 1. The van der Waals surface area contributed by atoms with Crippen LogP contribution in [0.25, 0.3) is 0 Å². The second-order valence-electron chi connectivity index (χ2n) is 6.29. The van der Waals surface area contributed by atoms with Crippen molar-refractivity contribution in [3.63, 3.8) is 0 Å². The number of nitrogens with one attached hydrogen (secondary N) is 1. The van der Waals surface area contributed by atoms with Crippen molar-refractivity contribution in [1.29, 1.82) is 0 Å². The van der Waals surface area contributed by atoms with Crippen LogP contribution in [0.1, 0.15) is 64.7 Å². The van der Waals surface area contributed by atoms with Crippen LogP contribution in [0.5, 0.6) is 0 Å². The summed E-state index contributed by atoms with van der Waals surface area (Å²) in [6.45, 7) is 2.35. The lowest BCUT2D eigenvalue weighted by atomic mass is 9.84. The molecule has 2 saturated carbocycles. The molecule has 3 heteroatoms. The minimum Gasteiger partial charge on any atom is -0.481 e. The van der Waals surface area contributed by atoms with E-state index < -0.39 is 5.97 Å². The Morgan fingerprint density at radius 2 is 1.83 bits per heavy atom. The van der Waals surface area contributed by atoms with Gasteiger partial charge in [-0.3, -0.25) is 4.79 Å². The van der Waals surface area contributed by atoms with E-state index in [9.17, 15) is 4.79 Å². The second-order valence-corrected chi connectivity index (χ2v) is 6.29. The van der Waals surface area contributed by atoms with Crippen molar-refractivity contribution >= 4 is 5.97 Å². The highest BCUT2D eigenvalue weighted by molar-refractivity contribution is 5.70. The van der Waals surface area contributed by atoms with E-state index in [0.29, 0.717) is 12.1 Å². The third-order valence-corrected chi connectivity index (χ3v) is 4.83. The molecular weight excluding hydrogens is 226 g/mol. The molecule has 0 aromatic carbocycles. The Labute approximate surface area is 110 Å². The highest BCUT2D eigenvalue weighted by Gasteiger charge is 2.29. The number of carboxylic acid groups (broad SMARTS) is 1. The van der Waals surface area contributed by atoms with Crippen LogP contribution in [-0.2, 0) is 4.79 Å². The number of carboxylic acids is 1. The van der Waals surface area contributed by atoms with E-state index in [0.717, 1.165) is 31.6 Å². The fourth-order valence-electron chi connectivity index (χ4n) is 3.61. The predicted molar refractivity (Wildman–Crippen MR) is 72.6 cm³/mol. The van der Waals surface area contributed by atoms with Gasteiger partial charge in [0.15, 0.2) is 0 Å². The molecule has 0 radical (unpaired) electrons. The van der Waals surface area contributed by atoms with Gasteiger partial charge in [0.25, 0.3) is 0 Å². The largest absolute Gasteiger partial charge is 0.481 e. The first-order valence-electron chi connectivity index (χ1n) is 7.65. The summed E-state index contributed by atoms with van der Waals surface area (Å²) in [6.07, 6.45) is 10.6. The fourth-order valence-corrected chi connectivity index (χ4v) is 3.61. The van der Waals surface area contributed by atoms with Crippen LogP contribution in [0.3, 0.4) is 0 Å². The molecule has 2 rings (SSSR count). The summed E-state index contributed by atoms with van der Waals surface area (Å²) in [5, 5.41) is 12.9. The molecule has 0 aliphatic heterocycles. The Kier molecular flexibility index (Phi) is 5.04. The lowest BCUT2D eigenvalue weighted by Crippen LogP contribution is -2.44. The standard InChI is InChI=1S/C15H27NO2/c1-11-6-3-2-4-9-14(11)16-13-8-5-7-12(10-13)15(17)18/h11-14,16H,2-10H2,1H3,(H,17,18). The minimum absolute atomic E-state index is 0.114. The topological polar surface area (TPSA) is 49.3 Å². The number of aliphatic carboxylic acids is 1. The molecule has 2 N–H and O–H groups in total. The summed E-state index contributed by atoms with van der Waals surface area (Å²) in [4.78, 5) is 11.1. The number of rotatable bonds is 3. The van der Waals surface area contributed by atoms with Gasteiger partial charge in [0.2, 0.25) is 0 Å². The molecule has 3 nitrogen and oxygen atoms in total. The average molecular weight is 253 g/mol. The van der Waals surface area contributed by atoms with E-state index in [1.54, 1.807) is 0 Å². The van der Waals surface area contributed by atoms with Crippen LogP contribution < -0.4 is 5.32 Å². The SMILES string of the molecule is CC1CCCCCC1NC1CCCC(C(=O)O)C1. The van der Waals surface area contributed by atoms with E-state index in [4.69, 9.17) is 5.11 Å². The summed E-state index contributed by atoms with van der Waals surface area (Å²) in [5.41, 5.74) is 0. The van der Waals surface area contributed by atoms with Gasteiger partial charge in [-0.15, -0.1) is 0 Å². The maximum atomic E-state index is 11.1. The van der Waals surface area contributed by atoms with Gasteiger partial charge >= 0.3 is 5.97 Å². The third kappa shape index (κ3) is 3.71. The Bertz CT molecular complexity index is 280. The van der Waals surface area contributed by atoms with Gasteiger partial charge in [-0.2, -0.15) is 0 Å². The number of hydrogen-bond acceptors (Lipinski definition) is 2. The lowest BCUT2D eigenvalue weighted by molar-refractivity contribution is -0.143. The summed E-state index contributed by atoms with van der Waals surface area (Å²) >= 11 is 0. The monoisotopic (exact) mass is 253 g/mol. The normalized spacial score (nSPS) is 38.1. The van der Waals surface area contributed by atoms with E-state index in [-0.39, 0.29) is 5.92 Å². The van der Waals surface area contributed by atoms with Crippen LogP contribution in [0.4, 0.5) is 0 Å². The molecule has 0 spiro atoms. The Morgan fingerprint density at radius 3 is 2.61 bits per heavy atom. The molecule has 4 unspecified atom stereocenters. The predicted octanol–water partition coefficient (Wildman–Crippen LogP) is 3.19. The molecule has 0 bridgehead atoms. The molecule has 2 aliphatic rings. The minimum atomic E-state index is -0.601. The average Bonchev–Trinajstić information content (AvgIpc) is 2.55. The second kappa shape index (κ2) is 6.55. The first-order chi connectivity index (χ1) is 8.66. The smallest absolute Gasteiger partial charge is 0.306 e. The highest BCUT2D eigenvalue weighted by atomic mass is 16.4. The first-order valence-corrected chi connectivity index (χ1v) is 7.65. The van der Waals surface area contributed by atoms with E-state index in [1.807, 2.05) is 0 Å². The molecule has 18 heavy (non-hydrogen) atoms. The van der Waals surface area contributed by atoms with Gasteiger partial charge in [0, 0.05) is 12.1 Å². The Morgan fingerprint density at radius 1 is 1.06 bits per heavy atom. The van der Waals surface area contributed by atoms with Crippen LogP contribution >= 0.6 is 0 Å². The van der Waals surface area contributed by atoms with Gasteiger partial charge in [0.1, 0.15) is 0 Å². The van der Waals surface area contributed by atoms with Gasteiger partial charge in [-0.25, -0.2) is 0 Å². The molecular formula is C15H27NO2. The third-order valence-electron chi connectivity index (χ3n) is 4.83. The van der Waals surface area contributed by atoms with Crippen molar-refractivity contribution in [2.75, 3.05) is 0 Å². The van der Waals surface area contributed by atoms with Crippen molar-refractivity contribution in [1.82, 2.24) is 5.32 Å². The molecule has 104 valence electrons. The van der Waals surface area contributed by atoms with Crippen LogP contribution in [-0.4, -0.2) is 23.2 Å². The van der Waals surface area contributed by atoms with Gasteiger partial charge in [0.05, 0.1) is 5.92 Å². The maximum absolute atomic E-state index is 11.1. The van der Waals surface area contributed by atoms with Gasteiger partial charge in [-0.1, -0.05) is 32.6 Å². The zero-order valence-corrected chi connectivity index (χ0v) is 11.5. The molecule has 0 heterocycles. The molecule has 0 aromatic rings. The molecule has 0 amide bonds. The molecule has 0 saturated heterocycles. The van der Waals surface area contributed by atoms with Crippen molar-refractivity contribution in [3.05, 3.63) is 0 Å². The van der Waals surface area contributed by atoms with Crippen molar-refractivity contribution < 1.29 is 9.90 Å². The van der Waals surface area contributed by atoms with Crippen molar-refractivity contribution in [3.8, 4) is 0 Å². The summed E-state index contributed by atoms with van der Waals surface area (Å²) in [7, 11) is 0. The van der Waals surface area contributed by atoms with Crippen molar-refractivity contribution in [2.24, 2.45) is 11.8 Å². The maximum Gasteiger partial charge on any atom is 0.306 e. The summed E-state index contributed by atoms with van der Waals surface area (Å²) in [6, 6.07) is 1.05. The van der Waals surface area contributed by atoms with Crippen LogP contribution in [0, 0.1) is 11.8 Å². The summed E-state index contributed by atoms with van der Waals surface area (Å²) < 4.78 is 0. The van der Waals surface area contributed by atoms with E-state index in [1.165, 1.54) is 32.1 Å². The van der Waals surface area contributed by atoms with Crippen LogP contribution in [0.2, 0.25) is 0 Å². The van der Waals surface area contributed by atoms with E-state index >= 15 is 0 Å². The zero-order valence-electron chi connectivity index (χ0n) is 11.5. The molecule has 0 aromatic heterocycles. The van der Waals surface area contributed by atoms with Gasteiger partial charge < -0.3 is 10.4 Å². The number of hydrogen-bond donors (Lipinski definition) is 2. The Hall–Kier alpha value is -0.570. The summed E-state index contributed by atoms with van der Waals surface area (Å²) in [5.74, 6) is 0.0328. The van der Waals surface area contributed by atoms with Gasteiger partial charge in [-0.05, 0) is 38.0 Å². The molecule has 2 aliphatic carbocycles. The fraction of sp³-hybridized carbons (Fsp3) is 0.933. The van der Waals surface area contributed by atoms with Crippen molar-refractivity contribution in [2.45, 2.75) is 76.8 Å². The Balaban J connectivity index is 1.85. The molecule has 2 fully saturated rings. The quantitative estimate of drug-likeness (QED) is 0.759. The molecule has 4 atom stereocenters. The van der Waals surface area contributed by atoms with Crippen LogP contribution in [0.15, 0.2) is 0 Å². The lowest BCUT2D eigenvalue weighted by Gasteiger charge is -2.33. The highest BCUT2D eigenvalue weighted by Crippen LogP contribution is 2.28.